The summed E-state index contributed by atoms with van der Waals surface area (Å²) in [5.74, 6) is 0.989. The second-order valence-corrected chi connectivity index (χ2v) is 3.83. The molecule has 0 N–H and O–H groups in total. The Hall–Kier alpha value is -0.980. The van der Waals surface area contributed by atoms with Gasteiger partial charge in [-0.2, -0.15) is 0 Å². The number of hydrogen-bond acceptors (Lipinski definition) is 1. The minimum atomic E-state index is 0.258. The van der Waals surface area contributed by atoms with Crippen molar-refractivity contribution in [2.75, 3.05) is 0 Å². The largest absolute Gasteiger partial charge is 0.495 e. The molecule has 1 heteroatoms. The van der Waals surface area contributed by atoms with Crippen molar-refractivity contribution in [3.63, 3.8) is 0 Å². The van der Waals surface area contributed by atoms with Crippen LogP contribution in [-0.2, 0) is 4.74 Å². The van der Waals surface area contributed by atoms with Crippen LogP contribution in [0.1, 0.15) is 47.5 Å². The number of rotatable bonds is 6. The van der Waals surface area contributed by atoms with Crippen LogP contribution in [0.4, 0.5) is 0 Å². The van der Waals surface area contributed by atoms with Gasteiger partial charge in [-0.1, -0.05) is 30.7 Å². The first-order valence-electron chi connectivity index (χ1n) is 5.73. The molecule has 0 aromatic carbocycles. The number of hydrogen-bond donors (Lipinski definition) is 0. The summed E-state index contributed by atoms with van der Waals surface area (Å²) in [4.78, 5) is 0. The smallest absolute Gasteiger partial charge is 0.0988 e. The zero-order chi connectivity index (χ0) is 11.7. The summed E-state index contributed by atoms with van der Waals surface area (Å²) in [7, 11) is 0. The molecule has 0 aliphatic heterocycles. The van der Waals surface area contributed by atoms with Crippen LogP contribution in [0.15, 0.2) is 35.6 Å². The van der Waals surface area contributed by atoms with E-state index in [9.17, 15) is 0 Å². The molecule has 0 saturated heterocycles. The van der Waals surface area contributed by atoms with E-state index < -0.39 is 0 Å². The van der Waals surface area contributed by atoms with Crippen molar-refractivity contribution >= 4 is 0 Å². The van der Waals surface area contributed by atoms with Crippen LogP contribution in [0.2, 0.25) is 0 Å². The van der Waals surface area contributed by atoms with Crippen molar-refractivity contribution in [2.24, 2.45) is 0 Å². The highest BCUT2D eigenvalue weighted by Crippen LogP contribution is 2.09. The standard InChI is InChI=1S/C14H24O/c1-6-8-9-10-13(4)15-14(5)11-12(3)7-2/h7-9,11,13H,6,10H2,1-5H3/b9-8?,12-7-,14-11-. The van der Waals surface area contributed by atoms with Crippen LogP contribution in [0, 0.1) is 0 Å². The van der Waals surface area contributed by atoms with Gasteiger partial charge in [-0.15, -0.1) is 0 Å². The zero-order valence-corrected chi connectivity index (χ0v) is 10.7. The molecule has 0 amide bonds. The lowest BCUT2D eigenvalue weighted by Crippen LogP contribution is -2.05. The topological polar surface area (TPSA) is 9.23 Å². The molecule has 0 radical (unpaired) electrons. The molecule has 0 bridgehead atoms. The second-order valence-electron chi connectivity index (χ2n) is 3.83. The Morgan fingerprint density at radius 3 is 2.47 bits per heavy atom. The molecule has 0 spiro atoms. The van der Waals surface area contributed by atoms with Gasteiger partial charge in [-0.05, 0) is 40.2 Å². The van der Waals surface area contributed by atoms with Gasteiger partial charge in [0, 0.05) is 6.42 Å². The Morgan fingerprint density at radius 2 is 1.93 bits per heavy atom. The van der Waals surface area contributed by atoms with Crippen molar-refractivity contribution in [3.05, 3.63) is 35.6 Å². The van der Waals surface area contributed by atoms with E-state index >= 15 is 0 Å². The molecule has 0 aromatic rings. The van der Waals surface area contributed by atoms with E-state index in [0.717, 1.165) is 18.6 Å². The van der Waals surface area contributed by atoms with Gasteiger partial charge in [0.15, 0.2) is 0 Å². The van der Waals surface area contributed by atoms with Crippen LogP contribution in [0.5, 0.6) is 0 Å². The predicted molar refractivity (Wildman–Crippen MR) is 67.8 cm³/mol. The van der Waals surface area contributed by atoms with Gasteiger partial charge >= 0.3 is 0 Å². The van der Waals surface area contributed by atoms with Gasteiger partial charge in [0.05, 0.1) is 11.9 Å². The summed E-state index contributed by atoms with van der Waals surface area (Å²) in [5.41, 5.74) is 1.24. The maximum absolute atomic E-state index is 5.74. The Balaban J connectivity index is 4.01. The first kappa shape index (κ1) is 14.0. The van der Waals surface area contributed by atoms with E-state index in [-0.39, 0.29) is 6.10 Å². The minimum absolute atomic E-state index is 0.258. The van der Waals surface area contributed by atoms with Crippen LogP contribution in [0.3, 0.4) is 0 Å². The second kappa shape index (κ2) is 8.34. The summed E-state index contributed by atoms with van der Waals surface area (Å²) >= 11 is 0. The molecule has 0 rings (SSSR count). The molecule has 1 unspecified atom stereocenters. The molecular weight excluding hydrogens is 184 g/mol. The highest BCUT2D eigenvalue weighted by atomic mass is 16.5. The highest BCUT2D eigenvalue weighted by molar-refractivity contribution is 5.17. The fourth-order valence-corrected chi connectivity index (χ4v) is 1.26. The minimum Gasteiger partial charge on any atom is -0.495 e. The van der Waals surface area contributed by atoms with E-state index in [4.69, 9.17) is 4.74 Å². The lowest BCUT2D eigenvalue weighted by atomic mass is 10.2. The van der Waals surface area contributed by atoms with Crippen LogP contribution >= 0.6 is 0 Å². The molecular formula is C14H24O. The van der Waals surface area contributed by atoms with Crippen molar-refractivity contribution in [3.8, 4) is 0 Å². The van der Waals surface area contributed by atoms with Gasteiger partial charge in [-0.25, -0.2) is 0 Å². The fourth-order valence-electron chi connectivity index (χ4n) is 1.26. The summed E-state index contributed by atoms with van der Waals surface area (Å²) in [6.45, 7) is 10.4. The van der Waals surface area contributed by atoms with Crippen molar-refractivity contribution in [1.29, 1.82) is 0 Å². The molecule has 1 atom stereocenters. The van der Waals surface area contributed by atoms with Crippen LogP contribution in [0.25, 0.3) is 0 Å². The van der Waals surface area contributed by atoms with Crippen LogP contribution < -0.4 is 0 Å². The third-order valence-electron chi connectivity index (χ3n) is 2.14. The third kappa shape index (κ3) is 8.04. The molecule has 15 heavy (non-hydrogen) atoms. The van der Waals surface area contributed by atoms with E-state index in [1.807, 2.05) is 13.8 Å². The predicted octanol–water partition coefficient (Wildman–Crippen LogP) is 4.62. The Labute approximate surface area is 94.5 Å². The van der Waals surface area contributed by atoms with Crippen molar-refractivity contribution in [2.45, 2.75) is 53.6 Å². The summed E-state index contributed by atoms with van der Waals surface area (Å²) in [5, 5.41) is 0. The van der Waals surface area contributed by atoms with E-state index in [1.54, 1.807) is 0 Å². The average molecular weight is 208 g/mol. The summed E-state index contributed by atoms with van der Waals surface area (Å²) < 4.78 is 5.74. The maximum Gasteiger partial charge on any atom is 0.0988 e. The molecule has 0 heterocycles. The average Bonchev–Trinajstić information content (AvgIpc) is 2.17. The summed E-state index contributed by atoms with van der Waals surface area (Å²) in [6.07, 6.45) is 10.8. The van der Waals surface area contributed by atoms with Gasteiger partial charge < -0.3 is 4.74 Å². The van der Waals surface area contributed by atoms with Gasteiger partial charge in [0.25, 0.3) is 0 Å². The molecule has 0 saturated carbocycles. The monoisotopic (exact) mass is 208 g/mol. The van der Waals surface area contributed by atoms with E-state index in [1.165, 1.54) is 5.57 Å². The Morgan fingerprint density at radius 1 is 1.27 bits per heavy atom. The third-order valence-corrected chi connectivity index (χ3v) is 2.14. The normalized spacial score (nSPS) is 15.8. The number of ether oxygens (including phenoxy) is 1. The number of allylic oxidation sites excluding steroid dienone is 5. The van der Waals surface area contributed by atoms with Gasteiger partial charge in [-0.3, -0.25) is 0 Å². The van der Waals surface area contributed by atoms with E-state index in [2.05, 4.69) is 45.1 Å². The zero-order valence-electron chi connectivity index (χ0n) is 10.7. The summed E-state index contributed by atoms with van der Waals surface area (Å²) in [6, 6.07) is 0. The molecule has 86 valence electrons. The van der Waals surface area contributed by atoms with Gasteiger partial charge in [0.1, 0.15) is 0 Å². The molecule has 0 fully saturated rings. The molecule has 1 nitrogen and oxygen atoms in total. The Bertz CT molecular complexity index is 246. The molecule has 0 aliphatic rings. The first-order chi connectivity index (χ1) is 7.10. The lowest BCUT2D eigenvalue weighted by molar-refractivity contribution is 0.135. The molecule has 0 aliphatic carbocycles. The van der Waals surface area contributed by atoms with Crippen LogP contribution in [-0.4, -0.2) is 6.10 Å². The lowest BCUT2D eigenvalue weighted by Gasteiger charge is -2.13. The van der Waals surface area contributed by atoms with Crippen molar-refractivity contribution in [1.82, 2.24) is 0 Å². The SMILES string of the molecule is C/C=C(C)\C=C(\C)OC(C)CC=CCC. The fraction of sp³-hybridized carbons (Fsp3) is 0.571. The first-order valence-corrected chi connectivity index (χ1v) is 5.73. The highest BCUT2D eigenvalue weighted by Gasteiger charge is 2.00. The quantitative estimate of drug-likeness (QED) is 0.351. The molecule has 0 aromatic heterocycles. The van der Waals surface area contributed by atoms with Gasteiger partial charge in [0.2, 0.25) is 0 Å². The maximum atomic E-state index is 5.74. The van der Waals surface area contributed by atoms with E-state index in [0.29, 0.717) is 0 Å². The Kier molecular flexibility index (Phi) is 7.79. The van der Waals surface area contributed by atoms with Crippen molar-refractivity contribution < 1.29 is 4.74 Å².